The zero-order valence-electron chi connectivity index (χ0n) is 22.6. The number of carbonyl (C=O) groups is 2. The van der Waals surface area contributed by atoms with E-state index in [9.17, 15) is 23.1 Å². The van der Waals surface area contributed by atoms with Crippen molar-refractivity contribution in [1.82, 2.24) is 14.1 Å². The second-order valence-electron chi connectivity index (χ2n) is 9.30. The van der Waals surface area contributed by atoms with Crippen molar-refractivity contribution in [3.8, 4) is 11.5 Å². The van der Waals surface area contributed by atoms with Crippen LogP contribution in [0.25, 0.3) is 5.76 Å². The van der Waals surface area contributed by atoms with Gasteiger partial charge in [0.25, 0.3) is 11.7 Å². The molecule has 0 bridgehead atoms. The maximum absolute atomic E-state index is 13.3. The van der Waals surface area contributed by atoms with Crippen LogP contribution >= 0.6 is 0 Å². The smallest absolute Gasteiger partial charge is 0.295 e. The Bertz CT molecular complexity index is 1320. The number of hydrogen-bond donors (Lipinski definition) is 1. The molecule has 2 aromatic carbocycles. The second kappa shape index (κ2) is 12.0. The average molecular weight is 546 g/mol. The van der Waals surface area contributed by atoms with Crippen molar-refractivity contribution >= 4 is 27.5 Å². The highest BCUT2D eigenvalue weighted by atomic mass is 32.2. The van der Waals surface area contributed by atoms with Crippen LogP contribution < -0.4 is 9.47 Å². The fourth-order valence-corrected chi connectivity index (χ4v) is 5.20. The molecule has 2 aromatic rings. The van der Waals surface area contributed by atoms with E-state index in [4.69, 9.17) is 9.47 Å². The Morgan fingerprint density at radius 3 is 2.24 bits per heavy atom. The first kappa shape index (κ1) is 29.2. The highest BCUT2D eigenvalue weighted by Crippen LogP contribution is 2.42. The summed E-state index contributed by atoms with van der Waals surface area (Å²) in [7, 11) is 4.51. The molecule has 0 radical (unpaired) electrons. The number of ketones is 1. The van der Waals surface area contributed by atoms with E-state index in [2.05, 4.69) is 0 Å². The fourth-order valence-electron chi connectivity index (χ4n) is 4.29. The van der Waals surface area contributed by atoms with Gasteiger partial charge in [-0.2, -0.15) is 0 Å². The van der Waals surface area contributed by atoms with Crippen molar-refractivity contribution in [3.05, 3.63) is 59.2 Å². The summed E-state index contributed by atoms with van der Waals surface area (Å²) in [6.45, 7) is 3.27. The lowest BCUT2D eigenvalue weighted by atomic mass is 9.95. The van der Waals surface area contributed by atoms with Crippen molar-refractivity contribution in [1.29, 1.82) is 0 Å². The Labute approximate surface area is 224 Å². The van der Waals surface area contributed by atoms with E-state index in [-0.39, 0.29) is 21.8 Å². The van der Waals surface area contributed by atoms with Gasteiger partial charge in [0.05, 0.1) is 30.2 Å². The molecular formula is C27H35N3O7S. The Hall–Kier alpha value is -3.41. The van der Waals surface area contributed by atoms with E-state index < -0.39 is 27.8 Å². The van der Waals surface area contributed by atoms with Crippen LogP contribution in [0.4, 0.5) is 0 Å². The largest absolute Gasteiger partial charge is 0.507 e. The minimum absolute atomic E-state index is 0.0380. The van der Waals surface area contributed by atoms with Gasteiger partial charge in [0.1, 0.15) is 5.76 Å². The van der Waals surface area contributed by atoms with Gasteiger partial charge in [-0.1, -0.05) is 6.07 Å². The number of methoxy groups -OCH3 is 1. The molecule has 1 amide bonds. The predicted octanol–water partition coefficient (Wildman–Crippen LogP) is 2.72. The predicted molar refractivity (Wildman–Crippen MR) is 144 cm³/mol. The number of Topliss-reactive ketones (excluding diaryl/α,β-unsaturated/α-hetero) is 1. The number of nitrogens with zero attached hydrogens (tertiary/aromatic N) is 3. The third-order valence-corrected chi connectivity index (χ3v) is 8.08. The Morgan fingerprint density at radius 2 is 1.68 bits per heavy atom. The highest BCUT2D eigenvalue weighted by molar-refractivity contribution is 7.89. The SMILES string of the molecule is CCOc1ccc(C2/C(=C(\O)c3ccc(S(=O)(=O)N(C)C)cc3)C(=O)C(=O)N2CCCN(C)C)cc1OC. The third-order valence-electron chi connectivity index (χ3n) is 6.25. The van der Waals surface area contributed by atoms with Crippen molar-refractivity contribution in [3.63, 3.8) is 0 Å². The zero-order chi connectivity index (χ0) is 28.2. The summed E-state index contributed by atoms with van der Waals surface area (Å²) in [5.41, 5.74) is 0.717. The molecule has 0 saturated carbocycles. The fraction of sp³-hybridized carbons (Fsp3) is 0.407. The number of likely N-dealkylation sites (tertiary alicyclic amines) is 1. The van der Waals surface area contributed by atoms with Crippen molar-refractivity contribution in [2.75, 3.05) is 55.0 Å². The molecule has 206 valence electrons. The maximum atomic E-state index is 13.3. The van der Waals surface area contributed by atoms with Crippen LogP contribution in [0.3, 0.4) is 0 Å². The number of carbonyl (C=O) groups excluding carboxylic acids is 2. The molecule has 3 rings (SSSR count). The molecule has 0 aromatic heterocycles. The number of aliphatic hydroxyl groups excluding tert-OH is 1. The summed E-state index contributed by atoms with van der Waals surface area (Å²) in [6, 6.07) is 9.81. The van der Waals surface area contributed by atoms with Crippen LogP contribution in [0.2, 0.25) is 0 Å². The number of aliphatic hydroxyl groups is 1. The Balaban J connectivity index is 2.14. The molecule has 10 nitrogen and oxygen atoms in total. The second-order valence-corrected chi connectivity index (χ2v) is 11.5. The van der Waals surface area contributed by atoms with Crippen LogP contribution in [0.5, 0.6) is 11.5 Å². The van der Waals surface area contributed by atoms with Gasteiger partial charge in [-0.05, 0) is 75.9 Å². The molecule has 1 fully saturated rings. The van der Waals surface area contributed by atoms with Crippen LogP contribution in [-0.4, -0.2) is 94.3 Å². The molecule has 1 saturated heterocycles. The number of ether oxygens (including phenoxy) is 2. The lowest BCUT2D eigenvalue weighted by molar-refractivity contribution is -0.139. The van der Waals surface area contributed by atoms with Crippen LogP contribution in [-0.2, 0) is 19.6 Å². The van der Waals surface area contributed by atoms with Gasteiger partial charge in [0.15, 0.2) is 11.5 Å². The summed E-state index contributed by atoms with van der Waals surface area (Å²) in [6.07, 6.45) is 0.613. The van der Waals surface area contributed by atoms with E-state index in [1.807, 2.05) is 25.9 Å². The quantitative estimate of drug-likeness (QED) is 0.260. The molecule has 1 atom stereocenters. The minimum Gasteiger partial charge on any atom is -0.507 e. The van der Waals surface area contributed by atoms with Crippen LogP contribution in [0.15, 0.2) is 52.9 Å². The number of hydrogen-bond acceptors (Lipinski definition) is 8. The average Bonchev–Trinajstić information content (AvgIpc) is 3.13. The van der Waals surface area contributed by atoms with Crippen molar-refractivity contribution in [2.45, 2.75) is 24.3 Å². The monoisotopic (exact) mass is 545 g/mol. The minimum atomic E-state index is -3.68. The summed E-state index contributed by atoms with van der Waals surface area (Å²) in [5.74, 6) is -0.960. The molecule has 1 unspecified atom stereocenters. The highest BCUT2D eigenvalue weighted by Gasteiger charge is 2.46. The third kappa shape index (κ3) is 5.85. The van der Waals surface area contributed by atoms with Gasteiger partial charge in [-0.3, -0.25) is 9.59 Å². The van der Waals surface area contributed by atoms with Gasteiger partial charge in [0, 0.05) is 26.2 Å². The van der Waals surface area contributed by atoms with Crippen molar-refractivity contribution < 1.29 is 32.6 Å². The number of amides is 1. The Kier molecular flexibility index (Phi) is 9.18. The van der Waals surface area contributed by atoms with Crippen LogP contribution in [0.1, 0.15) is 30.5 Å². The summed E-state index contributed by atoms with van der Waals surface area (Å²) < 4.78 is 37.1. The summed E-state index contributed by atoms with van der Waals surface area (Å²) >= 11 is 0. The summed E-state index contributed by atoms with van der Waals surface area (Å²) in [4.78, 5) is 29.9. The van der Waals surface area contributed by atoms with E-state index in [0.717, 1.165) is 4.31 Å². The number of sulfonamides is 1. The van der Waals surface area contributed by atoms with E-state index in [1.165, 1.54) is 50.4 Å². The standard InChI is InChI=1S/C27H35N3O7S/c1-7-37-21-14-11-19(17-22(21)36-6)24-23(26(32)27(33)30(24)16-8-15-28(2)3)25(31)18-9-12-20(13-10-18)38(34,35)29(4)5/h9-14,17,24,31H,7-8,15-16H2,1-6H3/b25-23+. The first-order chi connectivity index (χ1) is 17.9. The maximum Gasteiger partial charge on any atom is 0.295 e. The van der Waals surface area contributed by atoms with E-state index in [0.29, 0.717) is 43.2 Å². The first-order valence-corrected chi connectivity index (χ1v) is 13.6. The molecule has 38 heavy (non-hydrogen) atoms. The van der Waals surface area contributed by atoms with E-state index in [1.54, 1.807) is 18.2 Å². The molecule has 0 spiro atoms. The summed E-state index contributed by atoms with van der Waals surface area (Å²) in [5, 5.41) is 11.3. The molecule has 1 aliphatic rings. The van der Waals surface area contributed by atoms with Gasteiger partial charge >= 0.3 is 0 Å². The molecule has 1 N–H and O–H groups in total. The number of rotatable bonds is 11. The lowest BCUT2D eigenvalue weighted by Crippen LogP contribution is -2.32. The zero-order valence-corrected chi connectivity index (χ0v) is 23.4. The van der Waals surface area contributed by atoms with Gasteiger partial charge < -0.3 is 24.4 Å². The normalized spacial score (nSPS) is 17.5. The Morgan fingerprint density at radius 1 is 1.03 bits per heavy atom. The molecular weight excluding hydrogens is 510 g/mol. The number of benzene rings is 2. The lowest BCUT2D eigenvalue weighted by Gasteiger charge is -2.26. The van der Waals surface area contributed by atoms with Gasteiger partial charge in [0.2, 0.25) is 10.0 Å². The van der Waals surface area contributed by atoms with Crippen molar-refractivity contribution in [2.24, 2.45) is 0 Å². The van der Waals surface area contributed by atoms with E-state index >= 15 is 0 Å². The molecule has 1 heterocycles. The van der Waals surface area contributed by atoms with Crippen LogP contribution in [0, 0.1) is 0 Å². The molecule has 1 aliphatic heterocycles. The topological polar surface area (TPSA) is 117 Å². The first-order valence-electron chi connectivity index (χ1n) is 12.2. The molecule has 11 heteroatoms. The van der Waals surface area contributed by atoms with Gasteiger partial charge in [-0.25, -0.2) is 12.7 Å². The molecule has 0 aliphatic carbocycles. The van der Waals surface area contributed by atoms with Gasteiger partial charge in [-0.15, -0.1) is 0 Å².